The van der Waals surface area contributed by atoms with Crippen molar-refractivity contribution >= 4 is 23.5 Å². The fourth-order valence-corrected chi connectivity index (χ4v) is 3.31. The third-order valence-electron chi connectivity index (χ3n) is 4.62. The maximum Gasteiger partial charge on any atom is 0.0644 e. The highest BCUT2D eigenvalue weighted by Crippen LogP contribution is 2.26. The standard InChI is InChI=1S/C23H25ClN2/c1-16-13-18(15-25-21-8-6-7-20(24)14-21)17(2)26(16)22-11-9-19(10-12-22)23(3,4)5/h6-15H,1-5H3. The van der Waals surface area contributed by atoms with E-state index in [1.165, 1.54) is 22.6 Å². The maximum atomic E-state index is 6.03. The van der Waals surface area contributed by atoms with Gasteiger partial charge in [0, 0.05) is 33.9 Å². The molecule has 0 aliphatic carbocycles. The molecule has 1 heterocycles. The molecule has 3 aromatic rings. The zero-order valence-corrected chi connectivity index (χ0v) is 16.8. The molecule has 0 bridgehead atoms. The molecule has 1 aromatic heterocycles. The molecule has 0 saturated carbocycles. The van der Waals surface area contributed by atoms with Gasteiger partial charge in [-0.1, -0.05) is 50.6 Å². The molecule has 0 spiro atoms. The van der Waals surface area contributed by atoms with Crippen molar-refractivity contribution < 1.29 is 0 Å². The van der Waals surface area contributed by atoms with E-state index in [0.29, 0.717) is 5.02 Å². The van der Waals surface area contributed by atoms with Gasteiger partial charge in [-0.25, -0.2) is 0 Å². The molecule has 2 nitrogen and oxygen atoms in total. The summed E-state index contributed by atoms with van der Waals surface area (Å²) in [6, 6.07) is 18.6. The Hall–Kier alpha value is -2.32. The van der Waals surface area contributed by atoms with Crippen molar-refractivity contribution in [3.8, 4) is 5.69 Å². The Morgan fingerprint density at radius 3 is 2.27 bits per heavy atom. The number of nitrogens with zero attached hydrogens (tertiary/aromatic N) is 2. The minimum Gasteiger partial charge on any atom is -0.318 e. The van der Waals surface area contributed by atoms with Crippen molar-refractivity contribution in [3.05, 3.63) is 82.1 Å². The van der Waals surface area contributed by atoms with Crippen LogP contribution in [0.1, 0.15) is 43.3 Å². The van der Waals surface area contributed by atoms with Gasteiger partial charge < -0.3 is 4.57 Å². The van der Waals surface area contributed by atoms with Crippen LogP contribution >= 0.6 is 11.6 Å². The summed E-state index contributed by atoms with van der Waals surface area (Å²) in [5.41, 5.74) is 7.02. The third kappa shape index (κ3) is 3.91. The van der Waals surface area contributed by atoms with Gasteiger partial charge in [-0.05, 0) is 61.2 Å². The molecule has 0 unspecified atom stereocenters. The van der Waals surface area contributed by atoms with E-state index in [1.807, 2.05) is 30.5 Å². The van der Waals surface area contributed by atoms with Crippen LogP contribution in [0.4, 0.5) is 5.69 Å². The lowest BCUT2D eigenvalue weighted by molar-refractivity contribution is 0.590. The van der Waals surface area contributed by atoms with E-state index < -0.39 is 0 Å². The second-order valence-electron chi connectivity index (χ2n) is 7.70. The lowest BCUT2D eigenvalue weighted by Gasteiger charge is -2.20. The molecule has 0 amide bonds. The SMILES string of the molecule is Cc1cc(C=Nc2cccc(Cl)c2)c(C)n1-c1ccc(C(C)(C)C)cc1. The van der Waals surface area contributed by atoms with Crippen molar-refractivity contribution in [1.82, 2.24) is 4.57 Å². The van der Waals surface area contributed by atoms with Crippen LogP contribution in [0.25, 0.3) is 5.69 Å². The van der Waals surface area contributed by atoms with Crippen LogP contribution in [0, 0.1) is 13.8 Å². The van der Waals surface area contributed by atoms with E-state index in [4.69, 9.17) is 11.6 Å². The van der Waals surface area contributed by atoms with Crippen molar-refractivity contribution in [3.63, 3.8) is 0 Å². The van der Waals surface area contributed by atoms with Crippen LogP contribution in [0.3, 0.4) is 0 Å². The smallest absolute Gasteiger partial charge is 0.0644 e. The summed E-state index contributed by atoms with van der Waals surface area (Å²) in [5.74, 6) is 0. The molecule has 0 fully saturated rings. The highest BCUT2D eigenvalue weighted by Gasteiger charge is 2.14. The molecular weight excluding hydrogens is 340 g/mol. The topological polar surface area (TPSA) is 17.3 Å². The number of benzene rings is 2. The van der Waals surface area contributed by atoms with Crippen molar-refractivity contribution in [1.29, 1.82) is 0 Å². The number of aliphatic imine (C=N–C) groups is 1. The molecule has 3 rings (SSSR count). The van der Waals surface area contributed by atoms with Gasteiger partial charge in [0.2, 0.25) is 0 Å². The number of halogens is 1. The summed E-state index contributed by atoms with van der Waals surface area (Å²) >= 11 is 6.03. The molecule has 0 N–H and O–H groups in total. The lowest BCUT2D eigenvalue weighted by Crippen LogP contribution is -2.11. The second kappa shape index (κ2) is 7.13. The van der Waals surface area contributed by atoms with E-state index in [9.17, 15) is 0 Å². The van der Waals surface area contributed by atoms with Crippen molar-refractivity contribution in [2.45, 2.75) is 40.0 Å². The highest BCUT2D eigenvalue weighted by molar-refractivity contribution is 6.30. The lowest BCUT2D eigenvalue weighted by atomic mass is 9.87. The Morgan fingerprint density at radius 1 is 0.962 bits per heavy atom. The van der Waals surface area contributed by atoms with Crippen LogP contribution < -0.4 is 0 Å². The number of hydrogen-bond donors (Lipinski definition) is 0. The molecule has 3 heteroatoms. The number of hydrogen-bond acceptors (Lipinski definition) is 1. The quantitative estimate of drug-likeness (QED) is 0.455. The fourth-order valence-electron chi connectivity index (χ4n) is 3.13. The van der Waals surface area contributed by atoms with Crippen LogP contribution in [0.2, 0.25) is 5.02 Å². The summed E-state index contributed by atoms with van der Waals surface area (Å²) in [7, 11) is 0. The zero-order valence-electron chi connectivity index (χ0n) is 16.0. The normalized spacial score (nSPS) is 12.1. The minimum absolute atomic E-state index is 0.161. The van der Waals surface area contributed by atoms with Gasteiger partial charge in [-0.2, -0.15) is 0 Å². The number of aromatic nitrogens is 1. The Labute approximate surface area is 161 Å². The predicted octanol–water partition coefficient (Wildman–Crippen LogP) is 6.80. The first-order chi connectivity index (χ1) is 12.3. The predicted molar refractivity (Wildman–Crippen MR) is 113 cm³/mol. The number of rotatable bonds is 3. The molecular formula is C23H25ClN2. The molecule has 0 saturated heterocycles. The first kappa shape index (κ1) is 18.5. The van der Waals surface area contributed by atoms with E-state index in [-0.39, 0.29) is 5.41 Å². The minimum atomic E-state index is 0.161. The maximum absolute atomic E-state index is 6.03. The average molecular weight is 365 g/mol. The molecule has 0 aliphatic heterocycles. The largest absolute Gasteiger partial charge is 0.318 e. The van der Waals surface area contributed by atoms with E-state index in [2.05, 4.69) is 74.5 Å². The zero-order chi connectivity index (χ0) is 18.9. The van der Waals surface area contributed by atoms with Crippen LogP contribution in [0.15, 0.2) is 59.6 Å². The Morgan fingerprint density at radius 2 is 1.65 bits per heavy atom. The van der Waals surface area contributed by atoms with E-state index in [0.717, 1.165) is 11.3 Å². The van der Waals surface area contributed by atoms with Gasteiger partial charge in [-0.15, -0.1) is 0 Å². The van der Waals surface area contributed by atoms with Crippen LogP contribution in [-0.2, 0) is 5.41 Å². The van der Waals surface area contributed by atoms with Gasteiger partial charge in [0.05, 0.1) is 5.69 Å². The first-order valence-corrected chi connectivity index (χ1v) is 9.23. The van der Waals surface area contributed by atoms with Gasteiger partial charge >= 0.3 is 0 Å². The average Bonchev–Trinajstić information content (AvgIpc) is 2.86. The Kier molecular flexibility index (Phi) is 5.06. The highest BCUT2D eigenvalue weighted by atomic mass is 35.5. The van der Waals surface area contributed by atoms with E-state index in [1.54, 1.807) is 0 Å². The molecule has 134 valence electrons. The molecule has 0 radical (unpaired) electrons. The Bertz CT molecular complexity index is 941. The second-order valence-corrected chi connectivity index (χ2v) is 8.13. The Balaban J connectivity index is 1.93. The van der Waals surface area contributed by atoms with Gasteiger partial charge in [-0.3, -0.25) is 4.99 Å². The fraction of sp³-hybridized carbons (Fsp3) is 0.261. The monoisotopic (exact) mass is 364 g/mol. The number of aryl methyl sites for hydroxylation is 1. The molecule has 0 aliphatic rings. The summed E-state index contributed by atoms with van der Waals surface area (Å²) in [6.45, 7) is 11.0. The first-order valence-electron chi connectivity index (χ1n) is 8.85. The summed E-state index contributed by atoms with van der Waals surface area (Å²) in [6.07, 6.45) is 1.91. The molecule has 26 heavy (non-hydrogen) atoms. The summed E-state index contributed by atoms with van der Waals surface area (Å²) < 4.78 is 2.27. The molecule has 2 aromatic carbocycles. The summed E-state index contributed by atoms with van der Waals surface area (Å²) in [5, 5.41) is 0.698. The van der Waals surface area contributed by atoms with Crippen LogP contribution in [-0.4, -0.2) is 10.8 Å². The molecule has 0 atom stereocenters. The van der Waals surface area contributed by atoms with Crippen LogP contribution in [0.5, 0.6) is 0 Å². The van der Waals surface area contributed by atoms with E-state index >= 15 is 0 Å². The third-order valence-corrected chi connectivity index (χ3v) is 4.86. The van der Waals surface area contributed by atoms with Crippen molar-refractivity contribution in [2.75, 3.05) is 0 Å². The van der Waals surface area contributed by atoms with Crippen molar-refractivity contribution in [2.24, 2.45) is 4.99 Å². The van der Waals surface area contributed by atoms with Gasteiger partial charge in [0.15, 0.2) is 0 Å². The van der Waals surface area contributed by atoms with Gasteiger partial charge in [0.25, 0.3) is 0 Å². The summed E-state index contributed by atoms with van der Waals surface area (Å²) in [4.78, 5) is 4.57. The van der Waals surface area contributed by atoms with Gasteiger partial charge in [0.1, 0.15) is 0 Å².